The third-order valence-electron chi connectivity index (χ3n) is 4.41. The Morgan fingerprint density at radius 1 is 1.25 bits per heavy atom. The molecule has 0 fully saturated rings. The zero-order chi connectivity index (χ0) is 23.4. The first-order valence-corrected chi connectivity index (χ1v) is 11.3. The first-order valence-electron chi connectivity index (χ1n) is 9.37. The van der Waals surface area contributed by atoms with E-state index in [0.29, 0.717) is 32.8 Å². The second kappa shape index (κ2) is 10.5. The topological polar surface area (TPSA) is 124 Å². The highest BCUT2D eigenvalue weighted by Crippen LogP contribution is 2.36. The zero-order valence-electron chi connectivity index (χ0n) is 18.0. The van der Waals surface area contributed by atoms with E-state index in [1.165, 1.54) is 16.6 Å². The fourth-order valence-electron chi connectivity index (χ4n) is 2.95. The van der Waals surface area contributed by atoms with Crippen LogP contribution in [0, 0.1) is 10.8 Å². The van der Waals surface area contributed by atoms with Crippen molar-refractivity contribution in [3.8, 4) is 22.1 Å². The molecule has 0 aliphatic carbocycles. The van der Waals surface area contributed by atoms with E-state index >= 15 is 0 Å². The van der Waals surface area contributed by atoms with Crippen LogP contribution in [0.1, 0.15) is 5.56 Å². The number of rotatable bonds is 8. The van der Waals surface area contributed by atoms with Gasteiger partial charge in [0.05, 0.1) is 19.2 Å². The number of halogens is 1. The Morgan fingerprint density at radius 3 is 2.53 bits per heavy atom. The molecule has 3 aromatic rings. The fraction of sp³-hybridized carbons (Fsp3) is 0.250. The van der Waals surface area contributed by atoms with E-state index in [0.717, 1.165) is 27.3 Å². The van der Waals surface area contributed by atoms with Gasteiger partial charge in [0.25, 0.3) is 0 Å². The van der Waals surface area contributed by atoms with Crippen molar-refractivity contribution in [1.82, 2.24) is 14.1 Å². The van der Waals surface area contributed by atoms with Crippen molar-refractivity contribution >= 4 is 46.4 Å². The van der Waals surface area contributed by atoms with Crippen LogP contribution >= 0.6 is 34.9 Å². The molecule has 0 unspecified atom stereocenters. The molecule has 0 amide bonds. The Bertz CT molecular complexity index is 1190. The van der Waals surface area contributed by atoms with Gasteiger partial charge in [-0.15, -0.1) is 0 Å². The van der Waals surface area contributed by atoms with Crippen molar-refractivity contribution in [2.24, 2.45) is 0 Å². The van der Waals surface area contributed by atoms with Gasteiger partial charge in [-0.2, -0.15) is 15.3 Å². The number of nitrogens with zero attached hydrogens (tertiary/aromatic N) is 3. The summed E-state index contributed by atoms with van der Waals surface area (Å²) in [5.74, 6) is 1.32. The van der Waals surface area contributed by atoms with Crippen molar-refractivity contribution in [3.05, 3.63) is 45.7 Å². The van der Waals surface area contributed by atoms with Crippen LogP contribution in [0.3, 0.4) is 0 Å². The van der Waals surface area contributed by atoms with Crippen molar-refractivity contribution in [2.75, 3.05) is 28.3 Å². The van der Waals surface area contributed by atoms with Crippen LogP contribution in [0.5, 0.6) is 11.5 Å². The van der Waals surface area contributed by atoms with E-state index in [-0.39, 0.29) is 17.1 Å². The molecule has 1 heterocycles. The second-order valence-electron chi connectivity index (χ2n) is 6.83. The number of nitrogens with two attached hydrogens (primary N) is 1. The van der Waals surface area contributed by atoms with Gasteiger partial charge in [-0.05, 0) is 49.8 Å². The molecule has 0 aliphatic rings. The molecule has 0 bridgehead atoms. The van der Waals surface area contributed by atoms with E-state index in [1.54, 1.807) is 32.4 Å². The standard InChI is InChI=1S/C20H23ClN6O3S2/c1-26(2)32-17-10-16(30-4)15(29-3)7-11(17)8-18(22)27-20(23)31-19(24-27)13-6-5-12(25-28)9-14(13)21/h5-7,9-10,22-23,25,28H,8H2,1-4H3/p+1. The highest BCUT2D eigenvalue weighted by molar-refractivity contribution is 7.97. The fourth-order valence-corrected chi connectivity index (χ4v) is 4.91. The lowest BCUT2D eigenvalue weighted by Crippen LogP contribution is -2.73. The quantitative estimate of drug-likeness (QED) is 0.125. The number of nitrogens with one attached hydrogen (secondary N) is 2. The molecule has 0 radical (unpaired) electrons. The summed E-state index contributed by atoms with van der Waals surface area (Å²) in [5.41, 5.74) is 3.03. The Labute approximate surface area is 198 Å². The van der Waals surface area contributed by atoms with Crippen LogP contribution < -0.4 is 19.8 Å². The molecule has 3 rings (SSSR count). The number of methoxy groups -OCH3 is 2. The van der Waals surface area contributed by atoms with Crippen molar-refractivity contribution < 1.29 is 20.2 Å². The maximum absolute atomic E-state index is 9.15. The van der Waals surface area contributed by atoms with Gasteiger partial charge in [0.15, 0.2) is 17.2 Å². The maximum Gasteiger partial charge on any atom is 0.206 e. The molecule has 0 saturated carbocycles. The lowest BCUT2D eigenvalue weighted by molar-refractivity contribution is -0.825. The molecule has 0 saturated heterocycles. The average Bonchev–Trinajstić information content (AvgIpc) is 3.15. The molecule has 2 aromatic carbocycles. The molecule has 1 aromatic heterocycles. The Hall–Kier alpha value is -2.41. The normalized spacial score (nSPS) is 11.1. The van der Waals surface area contributed by atoms with Gasteiger partial charge < -0.3 is 9.47 Å². The highest BCUT2D eigenvalue weighted by Gasteiger charge is 2.18. The lowest BCUT2D eigenvalue weighted by Gasteiger charge is -2.17. The zero-order valence-corrected chi connectivity index (χ0v) is 20.4. The van der Waals surface area contributed by atoms with Gasteiger partial charge in [-0.25, -0.2) is 5.21 Å². The van der Waals surface area contributed by atoms with E-state index < -0.39 is 0 Å². The summed E-state index contributed by atoms with van der Waals surface area (Å²) >= 11 is 8.96. The summed E-state index contributed by atoms with van der Waals surface area (Å²) in [4.78, 5) is 1.03. The number of quaternary nitrogens is 1. The minimum Gasteiger partial charge on any atom is -0.493 e. The molecule has 0 spiro atoms. The number of hydrogen-bond acceptors (Lipinski definition) is 9. The lowest BCUT2D eigenvalue weighted by atomic mass is 10.1. The molecule has 170 valence electrons. The predicted molar refractivity (Wildman–Crippen MR) is 126 cm³/mol. The largest absolute Gasteiger partial charge is 0.493 e. The Kier molecular flexibility index (Phi) is 7.93. The van der Waals surface area contributed by atoms with Crippen molar-refractivity contribution in [2.45, 2.75) is 11.3 Å². The number of ether oxygens (including phenoxy) is 2. The highest BCUT2D eigenvalue weighted by atomic mass is 35.5. The first kappa shape index (κ1) is 24.2. The summed E-state index contributed by atoms with van der Waals surface area (Å²) < 4.78 is 14.1. The maximum atomic E-state index is 9.15. The summed E-state index contributed by atoms with van der Waals surface area (Å²) in [7, 11) is 7.02. The van der Waals surface area contributed by atoms with Gasteiger partial charge in [0, 0.05) is 29.0 Å². The van der Waals surface area contributed by atoms with Gasteiger partial charge in [0.1, 0.15) is 10.8 Å². The molecule has 32 heavy (non-hydrogen) atoms. The van der Waals surface area contributed by atoms with Crippen LogP contribution in [0.15, 0.2) is 35.2 Å². The second-order valence-corrected chi connectivity index (χ2v) is 9.57. The summed E-state index contributed by atoms with van der Waals surface area (Å²) in [6.45, 7) is 0. The van der Waals surface area contributed by atoms with Crippen molar-refractivity contribution in [1.29, 1.82) is 10.8 Å². The van der Waals surface area contributed by atoms with Crippen LogP contribution in [-0.2, 0) is 6.42 Å². The molecule has 9 nitrogen and oxygen atoms in total. The third kappa shape index (κ3) is 5.31. The summed E-state index contributed by atoms with van der Waals surface area (Å²) in [5, 5.41) is 31.5. The van der Waals surface area contributed by atoms with Crippen LogP contribution in [-0.4, -0.2) is 53.4 Å². The van der Waals surface area contributed by atoms with Gasteiger partial charge in [-0.1, -0.05) is 22.9 Å². The number of hydrogen-bond donors (Lipinski definition) is 4. The average molecular weight is 496 g/mol. The van der Waals surface area contributed by atoms with E-state index in [4.69, 9.17) is 37.1 Å². The Morgan fingerprint density at radius 2 is 1.94 bits per heavy atom. The van der Waals surface area contributed by atoms with Gasteiger partial charge >= 0.3 is 0 Å². The monoisotopic (exact) mass is 495 g/mol. The first-order chi connectivity index (χ1) is 15.3. The molecular weight excluding hydrogens is 472 g/mol. The van der Waals surface area contributed by atoms with Crippen molar-refractivity contribution in [3.63, 3.8) is 0 Å². The van der Waals surface area contributed by atoms with Crippen LogP contribution in [0.2, 0.25) is 5.02 Å². The molecule has 12 heteroatoms. The number of aromatic nitrogens is 2. The van der Waals surface area contributed by atoms with Crippen LogP contribution in [0.25, 0.3) is 10.6 Å². The molecule has 0 atom stereocenters. The minimum atomic E-state index is 0.112. The summed E-state index contributed by atoms with van der Waals surface area (Å²) in [6, 6.07) is 8.78. The summed E-state index contributed by atoms with van der Waals surface area (Å²) in [6.07, 6.45) is 0.238. The van der Waals surface area contributed by atoms with E-state index in [9.17, 15) is 0 Å². The Balaban J connectivity index is 1.95. The van der Waals surface area contributed by atoms with Gasteiger partial charge in [-0.3, -0.25) is 15.1 Å². The predicted octanol–water partition coefficient (Wildman–Crippen LogP) is 2.98. The minimum absolute atomic E-state index is 0.112. The van der Waals surface area contributed by atoms with E-state index in [1.807, 2.05) is 30.5 Å². The SMILES string of the molecule is COc1cc(CC(=N)n2nc(-c3ccc([NH2+]O)cc3Cl)sc2=N)c(SN(C)C)cc1OC. The van der Waals surface area contributed by atoms with Crippen LogP contribution in [0.4, 0.5) is 5.69 Å². The molecule has 0 aliphatic heterocycles. The van der Waals surface area contributed by atoms with Gasteiger partial charge in [0.2, 0.25) is 4.80 Å². The number of benzene rings is 2. The van der Waals surface area contributed by atoms with E-state index in [2.05, 4.69) is 5.10 Å². The smallest absolute Gasteiger partial charge is 0.206 e. The molecule has 5 N–H and O–H groups in total. The third-order valence-corrected chi connectivity index (χ3v) is 6.53. The molecular formula is C20H24ClN6O3S2+.